The highest BCUT2D eigenvalue weighted by molar-refractivity contribution is 7.19. The van der Waals surface area contributed by atoms with Crippen LogP contribution in [-0.4, -0.2) is 36.5 Å². The van der Waals surface area contributed by atoms with Crippen LogP contribution >= 0.6 is 11.3 Å². The first kappa shape index (κ1) is 20.2. The molecule has 148 valence electrons. The molecule has 1 aromatic heterocycles. The first-order chi connectivity index (χ1) is 14.0. The molecule has 0 aliphatic heterocycles. The number of thiazole rings is 1. The topological polar surface area (TPSA) is 94.6 Å². The molecule has 0 saturated carbocycles. The number of carbonyl (C=O) groups is 3. The Bertz CT molecular complexity index is 1020. The molecular weight excluding hydrogens is 392 g/mol. The van der Waals surface area contributed by atoms with Crippen LogP contribution < -0.4 is 5.32 Å². The molecule has 0 saturated heterocycles. The monoisotopic (exact) mass is 410 g/mol. The van der Waals surface area contributed by atoms with E-state index < -0.39 is 17.8 Å². The van der Waals surface area contributed by atoms with Crippen molar-refractivity contribution in [2.45, 2.75) is 6.54 Å². The second kappa shape index (κ2) is 9.61. The number of rotatable bonds is 7. The zero-order chi connectivity index (χ0) is 20.6. The van der Waals surface area contributed by atoms with Crippen molar-refractivity contribution in [1.29, 1.82) is 0 Å². The first-order valence-electron chi connectivity index (χ1n) is 8.69. The standard InChI is InChI=1S/C21H18N2O5S/c1-27-21(26)15-8-6-14(7-9-15)12-22-18(24)13-28-20(25)11-10-19-23-16-4-2-3-5-17(16)29-19/h2-11H,12-13H2,1H3,(H,22,24)/b11-10+. The zero-order valence-electron chi connectivity index (χ0n) is 15.6. The number of methoxy groups -OCH3 is 1. The lowest BCUT2D eigenvalue weighted by Gasteiger charge is -2.06. The minimum absolute atomic E-state index is 0.249. The summed E-state index contributed by atoms with van der Waals surface area (Å²) in [5, 5.41) is 3.33. The molecule has 2 aromatic carbocycles. The average Bonchev–Trinajstić information content (AvgIpc) is 3.17. The number of nitrogens with zero attached hydrogens (tertiary/aromatic N) is 1. The second-order valence-corrected chi connectivity index (χ2v) is 6.99. The number of aromatic nitrogens is 1. The van der Waals surface area contributed by atoms with Gasteiger partial charge in [0.15, 0.2) is 6.61 Å². The number of hydrogen-bond acceptors (Lipinski definition) is 7. The number of amides is 1. The van der Waals surface area contributed by atoms with E-state index in [4.69, 9.17) is 4.74 Å². The minimum atomic E-state index is -0.623. The van der Waals surface area contributed by atoms with Crippen molar-refractivity contribution in [3.63, 3.8) is 0 Å². The van der Waals surface area contributed by atoms with Crippen molar-refractivity contribution in [1.82, 2.24) is 10.3 Å². The molecule has 0 aliphatic rings. The van der Waals surface area contributed by atoms with Gasteiger partial charge in [-0.2, -0.15) is 0 Å². The number of hydrogen-bond donors (Lipinski definition) is 1. The van der Waals surface area contributed by atoms with Gasteiger partial charge in [-0.1, -0.05) is 24.3 Å². The van der Waals surface area contributed by atoms with Crippen LogP contribution in [0.3, 0.4) is 0 Å². The van der Waals surface area contributed by atoms with Crippen LogP contribution in [0, 0.1) is 0 Å². The van der Waals surface area contributed by atoms with Gasteiger partial charge in [-0.05, 0) is 35.9 Å². The van der Waals surface area contributed by atoms with E-state index in [1.54, 1.807) is 30.3 Å². The molecule has 1 amide bonds. The third kappa shape index (κ3) is 5.73. The summed E-state index contributed by atoms with van der Waals surface area (Å²) in [5.74, 6) is -1.47. The summed E-state index contributed by atoms with van der Waals surface area (Å²) >= 11 is 1.46. The van der Waals surface area contributed by atoms with Crippen LogP contribution in [0.4, 0.5) is 0 Å². The van der Waals surface area contributed by atoms with Crippen molar-refractivity contribution in [2.75, 3.05) is 13.7 Å². The maximum atomic E-state index is 11.8. The molecule has 1 heterocycles. The summed E-state index contributed by atoms with van der Waals surface area (Å²) in [4.78, 5) is 39.4. The highest BCUT2D eigenvalue weighted by Gasteiger charge is 2.07. The zero-order valence-corrected chi connectivity index (χ0v) is 16.4. The lowest BCUT2D eigenvalue weighted by atomic mass is 10.1. The highest BCUT2D eigenvalue weighted by atomic mass is 32.1. The van der Waals surface area contributed by atoms with Crippen molar-refractivity contribution in [3.8, 4) is 0 Å². The minimum Gasteiger partial charge on any atom is -0.465 e. The molecular formula is C21H18N2O5S. The number of ether oxygens (including phenoxy) is 2. The van der Waals surface area contributed by atoms with Crippen molar-refractivity contribution in [3.05, 3.63) is 70.7 Å². The summed E-state index contributed by atoms with van der Waals surface area (Å²) in [6.45, 7) is -0.136. The van der Waals surface area contributed by atoms with E-state index in [0.717, 1.165) is 15.8 Å². The van der Waals surface area contributed by atoms with Crippen LogP contribution in [0.15, 0.2) is 54.6 Å². The largest absolute Gasteiger partial charge is 0.465 e. The Hall–Kier alpha value is -3.52. The van der Waals surface area contributed by atoms with Gasteiger partial charge < -0.3 is 14.8 Å². The van der Waals surface area contributed by atoms with E-state index in [-0.39, 0.29) is 13.2 Å². The Morgan fingerprint density at radius 2 is 1.86 bits per heavy atom. The lowest BCUT2D eigenvalue weighted by Crippen LogP contribution is -2.28. The van der Waals surface area contributed by atoms with Gasteiger partial charge in [0.25, 0.3) is 5.91 Å². The van der Waals surface area contributed by atoms with Crippen molar-refractivity contribution in [2.24, 2.45) is 0 Å². The first-order valence-corrected chi connectivity index (χ1v) is 9.51. The van der Waals surface area contributed by atoms with E-state index in [1.807, 2.05) is 24.3 Å². The number of nitrogens with one attached hydrogen (secondary N) is 1. The van der Waals surface area contributed by atoms with Gasteiger partial charge in [-0.15, -0.1) is 11.3 Å². The van der Waals surface area contributed by atoms with Crippen LogP contribution in [-0.2, 0) is 25.6 Å². The third-order valence-corrected chi connectivity index (χ3v) is 4.88. The fraction of sp³-hybridized carbons (Fsp3) is 0.143. The van der Waals surface area contributed by atoms with E-state index in [2.05, 4.69) is 15.0 Å². The summed E-state index contributed by atoms with van der Waals surface area (Å²) in [5.41, 5.74) is 2.09. The Labute approximate surface area is 171 Å². The fourth-order valence-electron chi connectivity index (χ4n) is 2.41. The maximum absolute atomic E-state index is 11.8. The Morgan fingerprint density at radius 3 is 2.59 bits per heavy atom. The van der Waals surface area contributed by atoms with Crippen LogP contribution in [0.5, 0.6) is 0 Å². The normalized spacial score (nSPS) is 10.8. The van der Waals surface area contributed by atoms with Crippen LogP contribution in [0.1, 0.15) is 20.9 Å². The van der Waals surface area contributed by atoms with E-state index >= 15 is 0 Å². The number of fused-ring (bicyclic) bond motifs is 1. The van der Waals surface area contributed by atoms with Gasteiger partial charge in [0.1, 0.15) is 5.01 Å². The highest BCUT2D eigenvalue weighted by Crippen LogP contribution is 2.22. The molecule has 3 aromatic rings. The van der Waals surface area contributed by atoms with Gasteiger partial charge in [-0.25, -0.2) is 14.6 Å². The molecule has 1 N–H and O–H groups in total. The van der Waals surface area contributed by atoms with E-state index in [1.165, 1.54) is 24.5 Å². The van der Waals surface area contributed by atoms with Gasteiger partial charge >= 0.3 is 11.9 Å². The SMILES string of the molecule is COC(=O)c1ccc(CNC(=O)COC(=O)/C=C/c2nc3ccccc3s2)cc1. The van der Waals surface area contributed by atoms with Gasteiger partial charge in [0.2, 0.25) is 0 Å². The van der Waals surface area contributed by atoms with E-state index in [0.29, 0.717) is 10.6 Å². The molecule has 0 spiro atoms. The fourth-order valence-corrected chi connectivity index (χ4v) is 3.28. The average molecular weight is 410 g/mol. The number of para-hydroxylation sites is 1. The summed E-state index contributed by atoms with van der Waals surface area (Å²) in [6, 6.07) is 14.3. The van der Waals surface area contributed by atoms with Crippen molar-refractivity contribution < 1.29 is 23.9 Å². The number of benzene rings is 2. The smallest absolute Gasteiger partial charge is 0.337 e. The van der Waals surface area contributed by atoms with Gasteiger partial charge in [-0.3, -0.25) is 4.79 Å². The Kier molecular flexibility index (Phi) is 6.70. The van der Waals surface area contributed by atoms with Gasteiger partial charge in [0.05, 0.1) is 22.9 Å². The molecule has 29 heavy (non-hydrogen) atoms. The molecule has 0 radical (unpaired) electrons. The summed E-state index contributed by atoms with van der Waals surface area (Å²) in [6.07, 6.45) is 2.81. The Morgan fingerprint density at radius 1 is 1.10 bits per heavy atom. The molecule has 8 heteroatoms. The second-order valence-electron chi connectivity index (χ2n) is 5.93. The lowest BCUT2D eigenvalue weighted by molar-refractivity contribution is -0.143. The summed E-state index contributed by atoms with van der Waals surface area (Å²) in [7, 11) is 1.31. The molecule has 0 unspecified atom stereocenters. The summed E-state index contributed by atoms with van der Waals surface area (Å²) < 4.78 is 10.6. The Balaban J connectivity index is 1.42. The quantitative estimate of drug-likeness (QED) is 0.475. The third-order valence-electron chi connectivity index (χ3n) is 3.88. The number of carbonyl (C=O) groups excluding carboxylic acids is 3. The van der Waals surface area contributed by atoms with E-state index in [9.17, 15) is 14.4 Å². The molecule has 3 rings (SSSR count). The number of esters is 2. The molecule has 0 fully saturated rings. The maximum Gasteiger partial charge on any atom is 0.337 e. The molecule has 0 aliphatic carbocycles. The molecule has 0 bridgehead atoms. The van der Waals surface area contributed by atoms with Crippen LogP contribution in [0.25, 0.3) is 16.3 Å². The predicted molar refractivity (Wildman–Crippen MR) is 109 cm³/mol. The van der Waals surface area contributed by atoms with Gasteiger partial charge in [0, 0.05) is 12.6 Å². The molecule has 7 nitrogen and oxygen atoms in total. The molecule has 0 atom stereocenters. The van der Waals surface area contributed by atoms with Crippen molar-refractivity contribution >= 4 is 45.5 Å². The predicted octanol–water partition coefficient (Wildman–Crippen LogP) is 2.96. The van der Waals surface area contributed by atoms with Crippen LogP contribution in [0.2, 0.25) is 0 Å².